The molecule has 0 amide bonds. The predicted octanol–water partition coefficient (Wildman–Crippen LogP) is 7.52. The molecule has 0 fully saturated rings. The molecule has 0 aromatic heterocycles. The van der Waals surface area contributed by atoms with Crippen LogP contribution in [0.3, 0.4) is 0 Å². The first-order valence-corrected chi connectivity index (χ1v) is 14.0. The van der Waals surface area contributed by atoms with E-state index in [4.69, 9.17) is 14.6 Å². The van der Waals surface area contributed by atoms with Crippen molar-refractivity contribution < 1.29 is 24.2 Å². The zero-order valence-corrected chi connectivity index (χ0v) is 22.1. The van der Waals surface area contributed by atoms with Crippen LogP contribution in [0.2, 0.25) is 0 Å². The van der Waals surface area contributed by atoms with E-state index in [1.807, 2.05) is 6.92 Å². The molecule has 0 aliphatic heterocycles. The second kappa shape index (κ2) is 22.7. The zero-order valence-electron chi connectivity index (χ0n) is 22.1. The highest BCUT2D eigenvalue weighted by Gasteiger charge is 2.47. The molecule has 0 spiro atoms. The molecule has 196 valence electrons. The number of hydrogen-bond donors (Lipinski definition) is 1. The topological polar surface area (TPSA) is 72.8 Å². The molecule has 0 unspecified atom stereocenters. The van der Waals surface area contributed by atoms with Crippen LogP contribution in [0.5, 0.6) is 0 Å². The van der Waals surface area contributed by atoms with E-state index in [1.54, 1.807) is 0 Å². The molecule has 0 saturated carbocycles. The maximum atomic E-state index is 13.2. The van der Waals surface area contributed by atoms with Gasteiger partial charge in [0.1, 0.15) is 0 Å². The number of carbonyl (C=O) groups excluding carboxylic acids is 2. The van der Waals surface area contributed by atoms with Crippen molar-refractivity contribution in [2.75, 3.05) is 19.8 Å². The highest BCUT2D eigenvalue weighted by atomic mass is 16.6. The number of aliphatic hydroxyl groups excluding tert-OH is 1. The molecular weight excluding hydrogens is 416 g/mol. The summed E-state index contributed by atoms with van der Waals surface area (Å²) >= 11 is 0. The van der Waals surface area contributed by atoms with Crippen molar-refractivity contribution in [2.45, 2.75) is 143 Å². The van der Waals surface area contributed by atoms with Gasteiger partial charge in [-0.15, -0.1) is 0 Å². The second-order valence-electron chi connectivity index (χ2n) is 9.53. The lowest BCUT2D eigenvalue weighted by molar-refractivity contribution is -0.174. The Kier molecular flexibility index (Phi) is 21.9. The normalized spacial score (nSPS) is 11.5. The average molecular weight is 471 g/mol. The van der Waals surface area contributed by atoms with Gasteiger partial charge in [0, 0.05) is 6.61 Å². The van der Waals surface area contributed by atoms with Gasteiger partial charge >= 0.3 is 11.9 Å². The number of ether oxygens (including phenoxy) is 2. The number of unbranched alkanes of at least 4 members (excludes halogenated alkanes) is 13. The van der Waals surface area contributed by atoms with Crippen LogP contribution in [-0.4, -0.2) is 36.9 Å². The number of hydrogen-bond acceptors (Lipinski definition) is 5. The average Bonchev–Trinajstić information content (AvgIpc) is 2.81. The summed E-state index contributed by atoms with van der Waals surface area (Å²) < 4.78 is 11.3. The fourth-order valence-electron chi connectivity index (χ4n) is 4.31. The van der Waals surface area contributed by atoms with Crippen LogP contribution < -0.4 is 0 Å². The second-order valence-corrected chi connectivity index (χ2v) is 9.53. The van der Waals surface area contributed by atoms with Gasteiger partial charge < -0.3 is 14.6 Å². The van der Waals surface area contributed by atoms with E-state index in [0.29, 0.717) is 26.1 Å². The molecule has 0 rings (SSSR count). The van der Waals surface area contributed by atoms with E-state index >= 15 is 0 Å². The zero-order chi connectivity index (χ0) is 24.6. The fourth-order valence-corrected chi connectivity index (χ4v) is 4.31. The van der Waals surface area contributed by atoms with Gasteiger partial charge in [-0.1, -0.05) is 111 Å². The van der Waals surface area contributed by atoms with Crippen LogP contribution in [0.1, 0.15) is 143 Å². The first-order valence-electron chi connectivity index (χ1n) is 14.0. The molecule has 5 heteroatoms. The van der Waals surface area contributed by atoms with E-state index in [9.17, 15) is 9.59 Å². The summed E-state index contributed by atoms with van der Waals surface area (Å²) in [5.74, 6) is -0.791. The Morgan fingerprint density at radius 3 is 1.42 bits per heavy atom. The number of rotatable bonds is 24. The van der Waals surface area contributed by atoms with Crippen molar-refractivity contribution in [3.63, 3.8) is 0 Å². The van der Waals surface area contributed by atoms with Gasteiger partial charge in [0.2, 0.25) is 0 Å². The first kappa shape index (κ1) is 31.9. The molecule has 0 bridgehead atoms. The van der Waals surface area contributed by atoms with Gasteiger partial charge in [-0.2, -0.15) is 0 Å². The Morgan fingerprint density at radius 1 is 0.545 bits per heavy atom. The van der Waals surface area contributed by atoms with Crippen LogP contribution >= 0.6 is 0 Å². The molecule has 0 aliphatic rings. The minimum absolute atomic E-state index is 0.181. The first-order chi connectivity index (χ1) is 16.1. The molecule has 0 atom stereocenters. The lowest BCUT2D eigenvalue weighted by Crippen LogP contribution is -2.42. The molecule has 0 aromatic rings. The summed E-state index contributed by atoms with van der Waals surface area (Å²) in [5, 5.41) is 9.01. The van der Waals surface area contributed by atoms with E-state index in [2.05, 4.69) is 13.8 Å². The summed E-state index contributed by atoms with van der Waals surface area (Å²) in [6.07, 6.45) is 18.5. The molecule has 0 aliphatic carbocycles. The van der Waals surface area contributed by atoms with Gasteiger partial charge in [-0.05, 0) is 32.1 Å². The van der Waals surface area contributed by atoms with Gasteiger partial charge in [0.15, 0.2) is 5.41 Å². The fraction of sp³-hybridized carbons (Fsp3) is 0.929. The van der Waals surface area contributed by atoms with Crippen molar-refractivity contribution in [3.8, 4) is 0 Å². The van der Waals surface area contributed by atoms with Crippen molar-refractivity contribution in [1.82, 2.24) is 0 Å². The van der Waals surface area contributed by atoms with Gasteiger partial charge in [-0.3, -0.25) is 9.59 Å². The van der Waals surface area contributed by atoms with E-state index in [1.165, 1.54) is 38.5 Å². The van der Waals surface area contributed by atoms with Crippen LogP contribution in [0.4, 0.5) is 0 Å². The van der Waals surface area contributed by atoms with Crippen LogP contribution in [0.25, 0.3) is 0 Å². The third-order valence-corrected chi connectivity index (χ3v) is 6.43. The van der Waals surface area contributed by atoms with Crippen LogP contribution in [0.15, 0.2) is 0 Å². The molecule has 0 aromatic carbocycles. The summed E-state index contributed by atoms with van der Waals surface area (Å²) in [5.41, 5.74) is -1.18. The maximum Gasteiger partial charge on any atom is 0.323 e. The van der Waals surface area contributed by atoms with Gasteiger partial charge in [0.05, 0.1) is 13.2 Å². The minimum atomic E-state index is -1.18. The number of carbonyl (C=O) groups is 2. The summed E-state index contributed by atoms with van der Waals surface area (Å²) in [6.45, 7) is 7.34. The summed E-state index contributed by atoms with van der Waals surface area (Å²) in [4.78, 5) is 26.4. The number of aliphatic hydroxyl groups is 1. The Balaban J connectivity index is 4.83. The van der Waals surface area contributed by atoms with Crippen molar-refractivity contribution in [2.24, 2.45) is 5.41 Å². The Labute approximate surface area is 204 Å². The van der Waals surface area contributed by atoms with E-state index in [-0.39, 0.29) is 6.61 Å². The third-order valence-electron chi connectivity index (χ3n) is 6.43. The Hall–Kier alpha value is -1.10. The predicted molar refractivity (Wildman–Crippen MR) is 136 cm³/mol. The largest absolute Gasteiger partial charge is 0.465 e. The molecule has 33 heavy (non-hydrogen) atoms. The molecule has 0 saturated heterocycles. The van der Waals surface area contributed by atoms with Crippen molar-refractivity contribution in [3.05, 3.63) is 0 Å². The van der Waals surface area contributed by atoms with Crippen LogP contribution in [-0.2, 0) is 19.1 Å². The highest BCUT2D eigenvalue weighted by molar-refractivity contribution is 6.00. The monoisotopic (exact) mass is 470 g/mol. The smallest absolute Gasteiger partial charge is 0.323 e. The lowest BCUT2D eigenvalue weighted by Gasteiger charge is -2.29. The highest BCUT2D eigenvalue weighted by Crippen LogP contribution is 2.34. The lowest BCUT2D eigenvalue weighted by atomic mass is 9.78. The third kappa shape index (κ3) is 15.4. The van der Waals surface area contributed by atoms with Crippen molar-refractivity contribution in [1.29, 1.82) is 0 Å². The maximum absolute atomic E-state index is 13.2. The van der Waals surface area contributed by atoms with E-state index < -0.39 is 17.4 Å². The van der Waals surface area contributed by atoms with Gasteiger partial charge in [-0.25, -0.2) is 0 Å². The standard InChI is InChI=1S/C28H54O5/c1-4-7-9-11-15-19-24-32-26(30)28(21-6-3,22-17-13-14-18-23-29)27(31)33-25-20-16-12-10-8-5-2/h29H,4-25H2,1-3H3. The molecular formula is C28H54O5. The Bertz CT molecular complexity index is 433. The minimum Gasteiger partial charge on any atom is -0.465 e. The van der Waals surface area contributed by atoms with Crippen molar-refractivity contribution >= 4 is 11.9 Å². The molecule has 0 radical (unpaired) electrons. The Morgan fingerprint density at radius 2 is 0.970 bits per heavy atom. The van der Waals surface area contributed by atoms with E-state index in [0.717, 1.165) is 70.6 Å². The van der Waals surface area contributed by atoms with Gasteiger partial charge in [0.25, 0.3) is 0 Å². The molecule has 1 N–H and O–H groups in total. The van der Waals surface area contributed by atoms with Crippen LogP contribution in [0, 0.1) is 5.41 Å². The SMILES string of the molecule is CCCCCCCCOC(=O)C(CCC)(CCCCCCO)C(=O)OCCCCCCCC. The molecule has 5 nitrogen and oxygen atoms in total. The summed E-state index contributed by atoms with van der Waals surface area (Å²) in [6, 6.07) is 0. The molecule has 0 heterocycles. The quantitative estimate of drug-likeness (QED) is 0.0897. The summed E-state index contributed by atoms with van der Waals surface area (Å²) in [7, 11) is 0. The number of esters is 2.